The minimum Gasteiger partial charge on any atom is -0.462 e. The maximum Gasteiger partial charge on any atom is 0.472 e. The van der Waals surface area contributed by atoms with Gasteiger partial charge in [0, 0.05) is 19.3 Å². The number of carbonyl (C=O) groups excluding carboxylic acids is 3. The fourth-order valence-corrected chi connectivity index (χ4v) is 8.44. The van der Waals surface area contributed by atoms with Crippen LogP contribution >= 0.6 is 7.82 Å². The molecule has 11 nitrogen and oxygen atoms in total. The molecule has 0 aromatic carbocycles. The molecule has 0 amide bonds. The summed E-state index contributed by atoms with van der Waals surface area (Å²) in [7, 11) is -4.77. The molecule has 0 saturated carbocycles. The molecule has 0 bridgehead atoms. The minimum absolute atomic E-state index is 0.0525. The third kappa shape index (κ3) is 53.2. The summed E-state index contributed by atoms with van der Waals surface area (Å²) in [6.45, 7) is 4.33. The number of ether oxygens (including phenoxy) is 3. The van der Waals surface area contributed by atoms with E-state index in [2.05, 4.69) is 106 Å². The van der Waals surface area contributed by atoms with E-state index < -0.39 is 57.8 Å². The SMILES string of the molecule is CC/C=C\C/C=C\C/C=C\C/C=C\CCCCCCCCC(=O)OCC(COP(=O)(O)OCC(CO)OC(=O)CC/C=C\C/C=C\C/C=C\C/C=C\CC)OC(=O)CCCCCCCCCCCCCCCCC. The third-order valence-corrected chi connectivity index (χ3v) is 13.0. The zero-order chi connectivity index (χ0) is 54.1. The monoisotopic (exact) mass is 1060 g/mol. The van der Waals surface area contributed by atoms with Crippen molar-refractivity contribution in [1.29, 1.82) is 0 Å². The summed E-state index contributed by atoms with van der Waals surface area (Å²) in [5, 5.41) is 9.79. The van der Waals surface area contributed by atoms with Crippen LogP contribution in [0.15, 0.2) is 97.2 Å². The molecular weight excluding hydrogens is 952 g/mol. The average molecular weight is 1060 g/mol. The number of phosphoric acid groups is 1. The second-order valence-electron chi connectivity index (χ2n) is 19.0. The van der Waals surface area contributed by atoms with E-state index in [-0.39, 0.29) is 25.9 Å². The van der Waals surface area contributed by atoms with Gasteiger partial charge in [-0.05, 0) is 83.5 Å². The Morgan fingerprint density at radius 2 is 0.730 bits per heavy atom. The Bertz CT molecular complexity index is 1610. The number of hydrogen-bond donors (Lipinski definition) is 2. The van der Waals surface area contributed by atoms with Crippen LogP contribution in [-0.4, -0.2) is 66.5 Å². The van der Waals surface area contributed by atoms with Gasteiger partial charge in [-0.25, -0.2) is 4.57 Å². The molecule has 0 rings (SSSR count). The van der Waals surface area contributed by atoms with Crippen molar-refractivity contribution in [1.82, 2.24) is 0 Å². The van der Waals surface area contributed by atoms with Gasteiger partial charge in [0.1, 0.15) is 12.7 Å². The number of allylic oxidation sites excluding steroid dienone is 16. The summed E-state index contributed by atoms with van der Waals surface area (Å²) >= 11 is 0. The van der Waals surface area contributed by atoms with Crippen molar-refractivity contribution in [3.63, 3.8) is 0 Å². The number of phosphoric ester groups is 1. The molecule has 0 spiro atoms. The largest absolute Gasteiger partial charge is 0.472 e. The Hall–Kier alpha value is -3.60. The van der Waals surface area contributed by atoms with Crippen molar-refractivity contribution in [3.8, 4) is 0 Å². The van der Waals surface area contributed by atoms with Crippen LogP contribution < -0.4 is 0 Å². The first-order valence-corrected chi connectivity index (χ1v) is 30.6. The summed E-state index contributed by atoms with van der Waals surface area (Å²) in [6.07, 6.45) is 65.2. The summed E-state index contributed by atoms with van der Waals surface area (Å²) in [6, 6.07) is 0. The van der Waals surface area contributed by atoms with Gasteiger partial charge >= 0.3 is 25.7 Å². The van der Waals surface area contributed by atoms with Gasteiger partial charge in [-0.2, -0.15) is 0 Å². The summed E-state index contributed by atoms with van der Waals surface area (Å²) in [5.74, 6) is -1.57. The Morgan fingerprint density at radius 1 is 0.392 bits per heavy atom. The molecule has 3 unspecified atom stereocenters. The van der Waals surface area contributed by atoms with Gasteiger partial charge in [-0.3, -0.25) is 23.4 Å². The molecule has 424 valence electrons. The van der Waals surface area contributed by atoms with Crippen molar-refractivity contribution in [2.45, 2.75) is 251 Å². The molecule has 2 N–H and O–H groups in total. The highest BCUT2D eigenvalue weighted by Crippen LogP contribution is 2.43. The highest BCUT2D eigenvalue weighted by atomic mass is 31.2. The maximum absolute atomic E-state index is 12.9. The van der Waals surface area contributed by atoms with Crippen LogP contribution in [0.25, 0.3) is 0 Å². The predicted molar refractivity (Wildman–Crippen MR) is 307 cm³/mol. The van der Waals surface area contributed by atoms with E-state index >= 15 is 0 Å². The van der Waals surface area contributed by atoms with E-state index in [0.29, 0.717) is 19.3 Å². The van der Waals surface area contributed by atoms with Gasteiger partial charge in [-0.15, -0.1) is 0 Å². The molecule has 0 aliphatic heterocycles. The molecule has 0 aromatic rings. The summed E-state index contributed by atoms with van der Waals surface area (Å²) < 4.78 is 39.4. The van der Waals surface area contributed by atoms with E-state index in [9.17, 15) is 28.9 Å². The van der Waals surface area contributed by atoms with Gasteiger partial charge in [-0.1, -0.05) is 234 Å². The highest BCUT2D eigenvalue weighted by Gasteiger charge is 2.28. The average Bonchev–Trinajstić information content (AvgIpc) is 3.39. The maximum atomic E-state index is 12.9. The van der Waals surface area contributed by atoms with Crippen molar-refractivity contribution in [3.05, 3.63) is 97.2 Å². The van der Waals surface area contributed by atoms with Gasteiger partial charge in [0.15, 0.2) is 6.10 Å². The van der Waals surface area contributed by atoms with Crippen LogP contribution in [0, 0.1) is 0 Å². The lowest BCUT2D eigenvalue weighted by atomic mass is 10.0. The number of rotatable bonds is 53. The first kappa shape index (κ1) is 70.4. The number of carbonyl (C=O) groups is 3. The van der Waals surface area contributed by atoms with Crippen LogP contribution in [0.1, 0.15) is 239 Å². The molecule has 0 fully saturated rings. The number of aliphatic hydroxyl groups is 1. The molecule has 0 aromatic heterocycles. The number of unbranched alkanes of at least 4 members (excludes halogenated alkanes) is 20. The van der Waals surface area contributed by atoms with Crippen molar-refractivity contribution < 1.29 is 52.2 Å². The highest BCUT2D eigenvalue weighted by molar-refractivity contribution is 7.47. The van der Waals surface area contributed by atoms with Gasteiger partial charge in [0.2, 0.25) is 0 Å². The minimum atomic E-state index is -4.77. The molecule has 0 saturated heterocycles. The summed E-state index contributed by atoms with van der Waals surface area (Å²) in [4.78, 5) is 48.5. The Balaban J connectivity index is 4.79. The smallest absolute Gasteiger partial charge is 0.462 e. The van der Waals surface area contributed by atoms with Gasteiger partial charge in [0.25, 0.3) is 0 Å². The lowest BCUT2D eigenvalue weighted by Crippen LogP contribution is -2.30. The lowest BCUT2D eigenvalue weighted by Gasteiger charge is -2.21. The first-order chi connectivity index (χ1) is 36.2. The molecule has 3 atom stereocenters. The van der Waals surface area contributed by atoms with E-state index in [4.69, 9.17) is 23.3 Å². The first-order valence-electron chi connectivity index (χ1n) is 29.1. The molecule has 0 aliphatic rings. The van der Waals surface area contributed by atoms with Gasteiger partial charge < -0.3 is 24.2 Å². The van der Waals surface area contributed by atoms with Crippen molar-refractivity contribution >= 4 is 25.7 Å². The fraction of sp³-hybridized carbons (Fsp3) is 0.694. The van der Waals surface area contributed by atoms with E-state index in [1.165, 1.54) is 70.6 Å². The Labute approximate surface area is 451 Å². The lowest BCUT2D eigenvalue weighted by molar-refractivity contribution is -0.161. The molecule has 12 heteroatoms. The third-order valence-electron chi connectivity index (χ3n) is 12.0. The molecular formula is C62H105O11P. The van der Waals surface area contributed by atoms with Gasteiger partial charge in [0.05, 0.1) is 19.8 Å². The van der Waals surface area contributed by atoms with Crippen LogP contribution in [0.5, 0.6) is 0 Å². The van der Waals surface area contributed by atoms with Crippen LogP contribution in [0.3, 0.4) is 0 Å². The summed E-state index contributed by atoms with van der Waals surface area (Å²) in [5.41, 5.74) is 0. The van der Waals surface area contributed by atoms with E-state index in [0.717, 1.165) is 109 Å². The normalized spacial score (nSPS) is 14.1. The van der Waals surface area contributed by atoms with Crippen LogP contribution in [-0.2, 0) is 42.2 Å². The number of hydrogen-bond acceptors (Lipinski definition) is 10. The molecule has 0 radical (unpaired) electrons. The predicted octanol–water partition coefficient (Wildman–Crippen LogP) is 17.3. The standard InChI is InChI=1S/C62H105O11P/c1-4-7-10-13-16-19-22-25-27-28-29-30-32-34-36-39-42-45-48-51-60(64)69-55-59(73-62(66)53-50-47-44-41-38-35-31-26-23-20-17-14-11-8-5-2)57-71-74(67,68)70-56-58(54-63)72-61(65)52-49-46-43-40-37-33-24-21-18-15-12-9-6-3/h7,9-10,12,16,18-19,21,25,27,29-30,33,37,43,46,58-59,63H,4-6,8,11,13-15,17,20,22-24,26,28,31-32,34-36,38-42,44-45,47-57H2,1-3H3,(H,67,68)/b10-7-,12-9-,19-16-,21-18-,27-25-,30-29-,37-33-,46-43-. The Kier molecular flexibility index (Phi) is 52.9. The Morgan fingerprint density at radius 3 is 1.16 bits per heavy atom. The second-order valence-corrected chi connectivity index (χ2v) is 20.5. The van der Waals surface area contributed by atoms with Crippen molar-refractivity contribution in [2.24, 2.45) is 0 Å². The quantitative estimate of drug-likeness (QED) is 0.0197. The molecule has 0 heterocycles. The number of aliphatic hydroxyl groups excluding tert-OH is 1. The van der Waals surface area contributed by atoms with Crippen LogP contribution in [0.4, 0.5) is 0 Å². The second kappa shape index (κ2) is 55.6. The van der Waals surface area contributed by atoms with Crippen LogP contribution in [0.2, 0.25) is 0 Å². The topological polar surface area (TPSA) is 155 Å². The van der Waals surface area contributed by atoms with E-state index in [1.807, 2.05) is 12.2 Å². The fourth-order valence-electron chi connectivity index (χ4n) is 7.66. The molecule has 74 heavy (non-hydrogen) atoms. The number of esters is 3. The molecule has 0 aliphatic carbocycles. The zero-order valence-electron chi connectivity index (χ0n) is 46.8. The van der Waals surface area contributed by atoms with Crippen molar-refractivity contribution in [2.75, 3.05) is 26.4 Å². The zero-order valence-corrected chi connectivity index (χ0v) is 47.7. The van der Waals surface area contributed by atoms with E-state index in [1.54, 1.807) is 0 Å².